The highest BCUT2D eigenvalue weighted by Crippen LogP contribution is 2.19. The Bertz CT molecular complexity index is 351. The zero-order valence-electron chi connectivity index (χ0n) is 10.7. The smallest absolute Gasteiger partial charge is 0.305 e. The van der Waals surface area contributed by atoms with Crippen LogP contribution in [0.4, 0.5) is 4.39 Å². The lowest BCUT2D eigenvalue weighted by molar-refractivity contribution is -0.143. The van der Waals surface area contributed by atoms with E-state index < -0.39 is 0 Å². The standard InChI is InChI=1S/C14H19FO2S/c1-2-17-14(16)6-4-3-5-11-18-13-9-7-12(15)8-10-13/h7-10H,2-6,11H2,1H3. The molecule has 1 aromatic carbocycles. The zero-order chi connectivity index (χ0) is 13.2. The minimum absolute atomic E-state index is 0.108. The van der Waals surface area contributed by atoms with Crippen molar-refractivity contribution >= 4 is 17.7 Å². The second-order valence-electron chi connectivity index (χ2n) is 3.92. The molecule has 18 heavy (non-hydrogen) atoms. The topological polar surface area (TPSA) is 26.3 Å². The van der Waals surface area contributed by atoms with Crippen molar-refractivity contribution in [3.8, 4) is 0 Å². The van der Waals surface area contributed by atoms with Crippen molar-refractivity contribution in [3.63, 3.8) is 0 Å². The highest BCUT2D eigenvalue weighted by molar-refractivity contribution is 7.99. The molecule has 0 unspecified atom stereocenters. The number of benzene rings is 1. The number of rotatable bonds is 8. The van der Waals surface area contributed by atoms with Crippen LogP contribution in [0.25, 0.3) is 0 Å². The second-order valence-corrected chi connectivity index (χ2v) is 5.09. The van der Waals surface area contributed by atoms with Gasteiger partial charge in [-0.15, -0.1) is 11.8 Å². The highest BCUT2D eigenvalue weighted by Gasteiger charge is 2.01. The zero-order valence-corrected chi connectivity index (χ0v) is 11.5. The van der Waals surface area contributed by atoms with E-state index in [-0.39, 0.29) is 11.8 Å². The summed E-state index contributed by atoms with van der Waals surface area (Å²) in [4.78, 5) is 12.2. The average molecular weight is 270 g/mol. The molecule has 4 heteroatoms. The average Bonchev–Trinajstić information content (AvgIpc) is 2.36. The van der Waals surface area contributed by atoms with Crippen molar-refractivity contribution in [3.05, 3.63) is 30.1 Å². The second kappa shape index (κ2) is 8.97. The van der Waals surface area contributed by atoms with Crippen LogP contribution in [0.3, 0.4) is 0 Å². The van der Waals surface area contributed by atoms with Gasteiger partial charge in [0.1, 0.15) is 5.82 Å². The van der Waals surface area contributed by atoms with Crippen LogP contribution < -0.4 is 0 Å². The molecule has 0 bridgehead atoms. The number of hydrogen-bond acceptors (Lipinski definition) is 3. The van der Waals surface area contributed by atoms with Crippen molar-refractivity contribution in [2.24, 2.45) is 0 Å². The van der Waals surface area contributed by atoms with E-state index in [0.717, 1.165) is 29.9 Å². The number of hydrogen-bond donors (Lipinski definition) is 0. The van der Waals surface area contributed by atoms with Crippen LogP contribution in [0.1, 0.15) is 32.6 Å². The van der Waals surface area contributed by atoms with Gasteiger partial charge in [-0.05, 0) is 49.8 Å². The van der Waals surface area contributed by atoms with Crippen molar-refractivity contribution in [2.75, 3.05) is 12.4 Å². The summed E-state index contributed by atoms with van der Waals surface area (Å²) in [7, 11) is 0. The Morgan fingerprint density at radius 1 is 1.22 bits per heavy atom. The largest absolute Gasteiger partial charge is 0.466 e. The summed E-state index contributed by atoms with van der Waals surface area (Å²) in [5.41, 5.74) is 0. The molecule has 0 radical (unpaired) electrons. The van der Waals surface area contributed by atoms with Gasteiger partial charge in [0.25, 0.3) is 0 Å². The summed E-state index contributed by atoms with van der Waals surface area (Å²) in [6, 6.07) is 6.53. The number of thioether (sulfide) groups is 1. The minimum atomic E-state index is -0.200. The van der Waals surface area contributed by atoms with E-state index in [4.69, 9.17) is 4.74 Å². The summed E-state index contributed by atoms with van der Waals surface area (Å²) in [6.45, 7) is 2.27. The van der Waals surface area contributed by atoms with E-state index in [0.29, 0.717) is 13.0 Å². The summed E-state index contributed by atoms with van der Waals surface area (Å²) in [5, 5.41) is 0. The van der Waals surface area contributed by atoms with Gasteiger partial charge in [0.15, 0.2) is 0 Å². The number of esters is 1. The van der Waals surface area contributed by atoms with Crippen LogP contribution in [0.5, 0.6) is 0 Å². The van der Waals surface area contributed by atoms with Gasteiger partial charge in [0.2, 0.25) is 0 Å². The first-order valence-corrected chi connectivity index (χ1v) is 7.25. The van der Waals surface area contributed by atoms with Gasteiger partial charge >= 0.3 is 5.97 Å². The number of carbonyl (C=O) groups excluding carboxylic acids is 1. The van der Waals surface area contributed by atoms with Gasteiger partial charge in [-0.3, -0.25) is 4.79 Å². The molecule has 1 rings (SSSR count). The Labute approximate surface area is 112 Å². The molecular weight excluding hydrogens is 251 g/mol. The van der Waals surface area contributed by atoms with Crippen LogP contribution in [0.15, 0.2) is 29.2 Å². The molecule has 0 fully saturated rings. The summed E-state index contributed by atoms with van der Waals surface area (Å²) >= 11 is 1.72. The SMILES string of the molecule is CCOC(=O)CCCCCSc1ccc(F)cc1. The number of halogens is 1. The quantitative estimate of drug-likeness (QED) is 0.405. The summed E-state index contributed by atoms with van der Waals surface area (Å²) < 4.78 is 17.5. The number of ether oxygens (including phenoxy) is 1. The molecule has 0 amide bonds. The highest BCUT2D eigenvalue weighted by atomic mass is 32.2. The fourth-order valence-corrected chi connectivity index (χ4v) is 2.41. The molecule has 0 saturated carbocycles. The van der Waals surface area contributed by atoms with Gasteiger partial charge in [-0.1, -0.05) is 6.42 Å². The third-order valence-corrected chi connectivity index (χ3v) is 3.51. The van der Waals surface area contributed by atoms with E-state index in [1.165, 1.54) is 12.1 Å². The first kappa shape index (κ1) is 15.0. The molecular formula is C14H19FO2S. The van der Waals surface area contributed by atoms with E-state index in [1.54, 1.807) is 23.9 Å². The predicted octanol–water partition coefficient (Wildman–Crippen LogP) is 4.04. The fraction of sp³-hybridized carbons (Fsp3) is 0.500. The van der Waals surface area contributed by atoms with Crippen LogP contribution >= 0.6 is 11.8 Å². The Morgan fingerprint density at radius 2 is 1.94 bits per heavy atom. The van der Waals surface area contributed by atoms with Crippen LogP contribution in [-0.4, -0.2) is 18.3 Å². The molecule has 0 aliphatic carbocycles. The van der Waals surface area contributed by atoms with Gasteiger partial charge < -0.3 is 4.74 Å². The monoisotopic (exact) mass is 270 g/mol. The molecule has 0 aliphatic rings. The lowest BCUT2D eigenvalue weighted by Gasteiger charge is -2.03. The van der Waals surface area contributed by atoms with Gasteiger partial charge in [-0.2, -0.15) is 0 Å². The van der Waals surface area contributed by atoms with Gasteiger partial charge in [0.05, 0.1) is 6.61 Å². The molecule has 0 aromatic heterocycles. The Balaban J connectivity index is 2.02. The third-order valence-electron chi connectivity index (χ3n) is 2.41. The maximum absolute atomic E-state index is 12.7. The molecule has 100 valence electrons. The predicted molar refractivity (Wildman–Crippen MR) is 72.2 cm³/mol. The van der Waals surface area contributed by atoms with Crippen molar-refractivity contribution < 1.29 is 13.9 Å². The molecule has 0 saturated heterocycles. The van der Waals surface area contributed by atoms with Crippen molar-refractivity contribution in [1.29, 1.82) is 0 Å². The molecule has 0 N–H and O–H groups in total. The van der Waals surface area contributed by atoms with Crippen LogP contribution in [0, 0.1) is 5.82 Å². The Morgan fingerprint density at radius 3 is 2.61 bits per heavy atom. The maximum atomic E-state index is 12.7. The maximum Gasteiger partial charge on any atom is 0.305 e. The summed E-state index contributed by atoms with van der Waals surface area (Å²) in [5.74, 6) is 0.687. The van der Waals surface area contributed by atoms with Crippen LogP contribution in [0.2, 0.25) is 0 Å². The lowest BCUT2D eigenvalue weighted by Crippen LogP contribution is -2.03. The van der Waals surface area contributed by atoms with E-state index in [1.807, 2.05) is 6.92 Å². The molecule has 2 nitrogen and oxygen atoms in total. The molecule has 0 spiro atoms. The third kappa shape index (κ3) is 6.64. The fourth-order valence-electron chi connectivity index (χ4n) is 1.50. The first-order chi connectivity index (χ1) is 8.72. The van der Waals surface area contributed by atoms with Gasteiger partial charge in [0, 0.05) is 11.3 Å². The van der Waals surface area contributed by atoms with E-state index in [2.05, 4.69) is 0 Å². The van der Waals surface area contributed by atoms with Crippen LogP contribution in [-0.2, 0) is 9.53 Å². The molecule has 0 aliphatic heterocycles. The Hall–Kier alpha value is -1.03. The van der Waals surface area contributed by atoms with Crippen molar-refractivity contribution in [1.82, 2.24) is 0 Å². The van der Waals surface area contributed by atoms with E-state index >= 15 is 0 Å². The number of carbonyl (C=O) groups is 1. The Kier molecular flexibility index (Phi) is 7.49. The number of unbranched alkanes of at least 4 members (excludes halogenated alkanes) is 2. The first-order valence-electron chi connectivity index (χ1n) is 6.26. The normalized spacial score (nSPS) is 10.3. The molecule has 1 aromatic rings. The molecule has 0 atom stereocenters. The van der Waals surface area contributed by atoms with Crippen molar-refractivity contribution in [2.45, 2.75) is 37.5 Å². The van der Waals surface area contributed by atoms with E-state index in [9.17, 15) is 9.18 Å². The summed E-state index contributed by atoms with van der Waals surface area (Å²) in [6.07, 6.45) is 3.46. The van der Waals surface area contributed by atoms with Gasteiger partial charge in [-0.25, -0.2) is 4.39 Å². The lowest BCUT2D eigenvalue weighted by atomic mass is 10.2. The molecule has 0 heterocycles. The minimum Gasteiger partial charge on any atom is -0.466 e.